The van der Waals surface area contributed by atoms with E-state index in [2.05, 4.69) is 16.8 Å². The highest BCUT2D eigenvalue weighted by Crippen LogP contribution is 2.19. The lowest BCUT2D eigenvalue weighted by Gasteiger charge is -2.35. The minimum absolute atomic E-state index is 0.165. The standard InChI is InChI=1S/C24H32FN3O/c1-2-28(24(29)12-11-23-10-3-4-14-26-23)19-21-8-6-15-27(18-21)16-13-20-7-5-9-22(25)17-20/h3-5,7,9-10,14,17,21H,2,6,8,11-13,15-16,18-19H2,1H3/t21-/m0/s1. The van der Waals surface area contributed by atoms with E-state index in [9.17, 15) is 9.18 Å². The quantitative estimate of drug-likeness (QED) is 0.643. The van der Waals surface area contributed by atoms with Crippen molar-refractivity contribution in [2.24, 2.45) is 5.92 Å². The van der Waals surface area contributed by atoms with Crippen molar-refractivity contribution in [2.45, 2.75) is 39.0 Å². The van der Waals surface area contributed by atoms with Gasteiger partial charge in [0.1, 0.15) is 5.82 Å². The summed E-state index contributed by atoms with van der Waals surface area (Å²) >= 11 is 0. The number of hydrogen-bond acceptors (Lipinski definition) is 3. The minimum atomic E-state index is -0.165. The van der Waals surface area contributed by atoms with E-state index in [4.69, 9.17) is 0 Å². The second kappa shape index (κ2) is 11.1. The maximum absolute atomic E-state index is 13.4. The molecule has 0 saturated carbocycles. The van der Waals surface area contributed by atoms with Crippen LogP contribution in [-0.2, 0) is 17.6 Å². The first-order chi connectivity index (χ1) is 14.1. The smallest absolute Gasteiger partial charge is 0.222 e. The Kier molecular flexibility index (Phi) is 8.17. The van der Waals surface area contributed by atoms with Crippen molar-refractivity contribution >= 4 is 5.91 Å². The molecule has 1 aromatic heterocycles. The largest absolute Gasteiger partial charge is 0.343 e. The molecule has 0 spiro atoms. The summed E-state index contributed by atoms with van der Waals surface area (Å²) in [6, 6.07) is 12.7. The molecule has 1 aliphatic rings. The SMILES string of the molecule is CCN(C[C@H]1CCCN(CCc2cccc(F)c2)C1)C(=O)CCc1ccccn1. The number of aryl methyl sites for hydroxylation is 1. The number of piperidine rings is 1. The molecule has 0 bridgehead atoms. The molecule has 1 fully saturated rings. The van der Waals surface area contributed by atoms with Gasteiger partial charge in [0.25, 0.3) is 0 Å². The number of benzene rings is 1. The van der Waals surface area contributed by atoms with E-state index in [1.54, 1.807) is 18.3 Å². The molecule has 0 radical (unpaired) electrons. The topological polar surface area (TPSA) is 36.4 Å². The molecule has 5 heteroatoms. The Morgan fingerprint density at radius 3 is 2.90 bits per heavy atom. The van der Waals surface area contributed by atoms with Gasteiger partial charge < -0.3 is 9.80 Å². The van der Waals surface area contributed by atoms with Gasteiger partial charge in [-0.3, -0.25) is 9.78 Å². The summed E-state index contributed by atoms with van der Waals surface area (Å²) in [5.74, 6) is 0.562. The molecule has 3 rings (SSSR count). The van der Waals surface area contributed by atoms with Crippen molar-refractivity contribution in [3.05, 3.63) is 65.7 Å². The van der Waals surface area contributed by atoms with Crippen LogP contribution in [0.4, 0.5) is 4.39 Å². The van der Waals surface area contributed by atoms with Crippen molar-refractivity contribution < 1.29 is 9.18 Å². The zero-order valence-corrected chi connectivity index (χ0v) is 17.4. The molecule has 2 heterocycles. The fraction of sp³-hybridized carbons (Fsp3) is 0.500. The second-order valence-corrected chi connectivity index (χ2v) is 7.94. The molecule has 4 nitrogen and oxygen atoms in total. The first-order valence-corrected chi connectivity index (χ1v) is 10.8. The average Bonchev–Trinajstić information content (AvgIpc) is 2.75. The van der Waals surface area contributed by atoms with Gasteiger partial charge in [0, 0.05) is 44.5 Å². The van der Waals surface area contributed by atoms with E-state index < -0.39 is 0 Å². The summed E-state index contributed by atoms with van der Waals surface area (Å²) in [4.78, 5) is 21.5. The van der Waals surface area contributed by atoms with Crippen LogP contribution >= 0.6 is 0 Å². The van der Waals surface area contributed by atoms with Gasteiger partial charge in [0.05, 0.1) is 0 Å². The Morgan fingerprint density at radius 1 is 1.24 bits per heavy atom. The number of nitrogens with zero attached hydrogens (tertiary/aromatic N) is 3. The van der Waals surface area contributed by atoms with Gasteiger partial charge >= 0.3 is 0 Å². The molecule has 156 valence electrons. The lowest BCUT2D eigenvalue weighted by molar-refractivity contribution is -0.131. The Bertz CT molecular complexity index is 768. The van der Waals surface area contributed by atoms with Gasteiger partial charge in [0.15, 0.2) is 0 Å². The molecular formula is C24H32FN3O. The normalized spacial score (nSPS) is 17.2. The molecule has 2 aromatic rings. The maximum Gasteiger partial charge on any atom is 0.222 e. The van der Waals surface area contributed by atoms with Gasteiger partial charge in [0.2, 0.25) is 5.91 Å². The Hall–Kier alpha value is -2.27. The summed E-state index contributed by atoms with van der Waals surface area (Å²) in [5, 5.41) is 0. The Labute approximate surface area is 173 Å². The van der Waals surface area contributed by atoms with Gasteiger partial charge in [-0.25, -0.2) is 4.39 Å². The molecule has 0 N–H and O–H groups in total. The molecule has 1 aliphatic heterocycles. The van der Waals surface area contributed by atoms with E-state index in [1.807, 2.05) is 29.2 Å². The van der Waals surface area contributed by atoms with E-state index in [1.165, 1.54) is 12.5 Å². The van der Waals surface area contributed by atoms with Crippen LogP contribution in [0.5, 0.6) is 0 Å². The monoisotopic (exact) mass is 397 g/mol. The van der Waals surface area contributed by atoms with Crippen LogP contribution < -0.4 is 0 Å². The predicted molar refractivity (Wildman–Crippen MR) is 114 cm³/mol. The lowest BCUT2D eigenvalue weighted by atomic mass is 9.96. The third kappa shape index (κ3) is 6.93. The number of rotatable bonds is 9. The van der Waals surface area contributed by atoms with E-state index in [0.717, 1.165) is 56.8 Å². The van der Waals surface area contributed by atoms with Crippen molar-refractivity contribution in [1.29, 1.82) is 0 Å². The number of carbonyl (C=O) groups is 1. The summed E-state index contributed by atoms with van der Waals surface area (Å²) in [7, 11) is 0. The fourth-order valence-corrected chi connectivity index (χ4v) is 4.14. The molecule has 1 saturated heterocycles. The van der Waals surface area contributed by atoms with Crippen LogP contribution in [0.25, 0.3) is 0 Å². The summed E-state index contributed by atoms with van der Waals surface area (Å²) in [6.07, 6.45) is 6.18. The Balaban J connectivity index is 1.45. The van der Waals surface area contributed by atoms with Crippen LogP contribution in [0.15, 0.2) is 48.7 Å². The van der Waals surface area contributed by atoms with Gasteiger partial charge in [-0.05, 0) is 74.9 Å². The van der Waals surface area contributed by atoms with Crippen LogP contribution in [0.1, 0.15) is 37.4 Å². The van der Waals surface area contributed by atoms with Crippen LogP contribution in [0, 0.1) is 11.7 Å². The second-order valence-electron chi connectivity index (χ2n) is 7.94. The van der Waals surface area contributed by atoms with Crippen molar-refractivity contribution in [1.82, 2.24) is 14.8 Å². The van der Waals surface area contributed by atoms with Crippen LogP contribution in [0.3, 0.4) is 0 Å². The van der Waals surface area contributed by atoms with Crippen LogP contribution in [-0.4, -0.2) is 53.4 Å². The average molecular weight is 398 g/mol. The van der Waals surface area contributed by atoms with Crippen molar-refractivity contribution in [2.75, 3.05) is 32.7 Å². The molecule has 0 aliphatic carbocycles. The third-order valence-corrected chi connectivity index (χ3v) is 5.74. The zero-order valence-electron chi connectivity index (χ0n) is 17.4. The number of hydrogen-bond donors (Lipinski definition) is 0. The summed E-state index contributed by atoms with van der Waals surface area (Å²) < 4.78 is 13.4. The van der Waals surface area contributed by atoms with Gasteiger partial charge in [-0.2, -0.15) is 0 Å². The number of carbonyl (C=O) groups excluding carboxylic acids is 1. The van der Waals surface area contributed by atoms with E-state index in [-0.39, 0.29) is 11.7 Å². The van der Waals surface area contributed by atoms with Crippen molar-refractivity contribution in [3.63, 3.8) is 0 Å². The molecular weight excluding hydrogens is 365 g/mol. The van der Waals surface area contributed by atoms with E-state index in [0.29, 0.717) is 18.8 Å². The van der Waals surface area contributed by atoms with Crippen LogP contribution in [0.2, 0.25) is 0 Å². The summed E-state index contributed by atoms with van der Waals surface area (Å²) in [5.41, 5.74) is 2.02. The highest BCUT2D eigenvalue weighted by Gasteiger charge is 2.23. The third-order valence-electron chi connectivity index (χ3n) is 5.74. The number of halogens is 1. The first kappa shape index (κ1) is 21.4. The van der Waals surface area contributed by atoms with E-state index >= 15 is 0 Å². The zero-order chi connectivity index (χ0) is 20.5. The molecule has 1 atom stereocenters. The highest BCUT2D eigenvalue weighted by atomic mass is 19.1. The number of pyridine rings is 1. The van der Waals surface area contributed by atoms with Crippen molar-refractivity contribution in [3.8, 4) is 0 Å². The van der Waals surface area contributed by atoms with Gasteiger partial charge in [-0.1, -0.05) is 18.2 Å². The molecule has 29 heavy (non-hydrogen) atoms. The minimum Gasteiger partial charge on any atom is -0.343 e. The summed E-state index contributed by atoms with van der Waals surface area (Å²) in [6.45, 7) is 6.68. The Morgan fingerprint density at radius 2 is 2.14 bits per heavy atom. The number of amides is 1. The lowest BCUT2D eigenvalue weighted by Crippen LogP contribution is -2.43. The molecule has 0 unspecified atom stereocenters. The molecule has 1 aromatic carbocycles. The predicted octanol–water partition coefficient (Wildman–Crippen LogP) is 3.96. The molecule has 1 amide bonds. The highest BCUT2D eigenvalue weighted by molar-refractivity contribution is 5.76. The number of likely N-dealkylation sites (tertiary alicyclic amines) is 1. The maximum atomic E-state index is 13.4. The van der Waals surface area contributed by atoms with Gasteiger partial charge in [-0.15, -0.1) is 0 Å². The first-order valence-electron chi connectivity index (χ1n) is 10.8. The number of aromatic nitrogens is 1. The fourth-order valence-electron chi connectivity index (χ4n) is 4.14.